The highest BCUT2D eigenvalue weighted by molar-refractivity contribution is 6.31. The molecule has 0 unspecified atom stereocenters. The van der Waals surface area contributed by atoms with Gasteiger partial charge in [-0.1, -0.05) is 25.4 Å². The zero-order chi connectivity index (χ0) is 16.0. The standard InChI is InChI=1S/C16H22ClNO3/c1-10(2)4-12(7-15(19)20)9-18-16(21)13-5-11(3)6-14(17)8-13/h5-6,8,10,12H,4,7,9H2,1-3H3,(H,18,21)(H,19,20)/t12-/m0/s1. The van der Waals surface area contributed by atoms with Crippen molar-refractivity contribution in [1.29, 1.82) is 0 Å². The van der Waals surface area contributed by atoms with Gasteiger partial charge in [0.2, 0.25) is 0 Å². The van der Waals surface area contributed by atoms with E-state index in [1.54, 1.807) is 18.2 Å². The fourth-order valence-corrected chi connectivity index (χ4v) is 2.65. The maximum atomic E-state index is 12.1. The molecule has 2 N–H and O–H groups in total. The van der Waals surface area contributed by atoms with Crippen LogP contribution in [0.4, 0.5) is 0 Å². The number of nitrogens with one attached hydrogen (secondary N) is 1. The molecule has 1 amide bonds. The molecular weight excluding hydrogens is 290 g/mol. The number of halogens is 1. The van der Waals surface area contributed by atoms with Crippen molar-refractivity contribution in [1.82, 2.24) is 5.32 Å². The predicted octanol–water partition coefficient (Wildman–Crippen LogP) is 3.52. The Morgan fingerprint density at radius 2 is 1.95 bits per heavy atom. The molecule has 0 fully saturated rings. The van der Waals surface area contributed by atoms with Gasteiger partial charge in [0, 0.05) is 23.6 Å². The molecule has 0 saturated carbocycles. The zero-order valence-electron chi connectivity index (χ0n) is 12.6. The highest BCUT2D eigenvalue weighted by Gasteiger charge is 2.16. The first kappa shape index (κ1) is 17.5. The summed E-state index contributed by atoms with van der Waals surface area (Å²) >= 11 is 5.94. The number of rotatable bonds is 7. The Morgan fingerprint density at radius 3 is 2.48 bits per heavy atom. The van der Waals surface area contributed by atoms with Crippen molar-refractivity contribution in [3.05, 3.63) is 34.3 Å². The first-order valence-electron chi connectivity index (χ1n) is 7.05. The Bertz CT molecular complexity index is 494. The quantitative estimate of drug-likeness (QED) is 0.809. The Balaban J connectivity index is 2.65. The van der Waals surface area contributed by atoms with Crippen LogP contribution in [0.5, 0.6) is 0 Å². The van der Waals surface area contributed by atoms with Crippen LogP contribution in [0.25, 0.3) is 0 Å². The number of carbonyl (C=O) groups is 2. The van der Waals surface area contributed by atoms with E-state index in [-0.39, 0.29) is 18.2 Å². The van der Waals surface area contributed by atoms with Gasteiger partial charge in [0.1, 0.15) is 0 Å². The molecule has 0 bridgehead atoms. The molecule has 0 heterocycles. The van der Waals surface area contributed by atoms with Crippen molar-refractivity contribution in [3.8, 4) is 0 Å². The number of carboxylic acid groups (broad SMARTS) is 1. The number of carbonyl (C=O) groups excluding carboxylic acids is 1. The summed E-state index contributed by atoms with van der Waals surface area (Å²) in [5.74, 6) is -0.736. The minimum Gasteiger partial charge on any atom is -0.481 e. The number of aryl methyl sites for hydroxylation is 1. The lowest BCUT2D eigenvalue weighted by Gasteiger charge is -2.18. The second kappa shape index (κ2) is 8.03. The minimum atomic E-state index is -0.839. The third kappa shape index (κ3) is 6.63. The van der Waals surface area contributed by atoms with Crippen molar-refractivity contribution in [2.45, 2.75) is 33.6 Å². The van der Waals surface area contributed by atoms with E-state index < -0.39 is 5.97 Å². The molecule has 0 aliphatic carbocycles. The van der Waals surface area contributed by atoms with E-state index in [2.05, 4.69) is 5.32 Å². The highest BCUT2D eigenvalue weighted by atomic mass is 35.5. The fourth-order valence-electron chi connectivity index (χ4n) is 2.36. The maximum Gasteiger partial charge on any atom is 0.303 e. The van der Waals surface area contributed by atoms with Gasteiger partial charge in [-0.2, -0.15) is 0 Å². The Labute approximate surface area is 130 Å². The predicted molar refractivity (Wildman–Crippen MR) is 83.7 cm³/mol. The smallest absolute Gasteiger partial charge is 0.303 e. The number of hydrogen-bond acceptors (Lipinski definition) is 2. The van der Waals surface area contributed by atoms with Crippen LogP contribution in [-0.4, -0.2) is 23.5 Å². The van der Waals surface area contributed by atoms with Crippen LogP contribution >= 0.6 is 11.6 Å². The lowest BCUT2D eigenvalue weighted by molar-refractivity contribution is -0.138. The molecule has 4 nitrogen and oxygen atoms in total. The van der Waals surface area contributed by atoms with E-state index in [0.717, 1.165) is 12.0 Å². The first-order valence-corrected chi connectivity index (χ1v) is 7.43. The molecule has 1 rings (SSSR count). The van der Waals surface area contributed by atoms with E-state index >= 15 is 0 Å². The molecule has 0 aliphatic heterocycles. The van der Waals surface area contributed by atoms with Crippen molar-refractivity contribution in [3.63, 3.8) is 0 Å². The zero-order valence-corrected chi connectivity index (χ0v) is 13.4. The summed E-state index contributed by atoms with van der Waals surface area (Å²) in [6, 6.07) is 5.15. The second-order valence-corrected chi connectivity index (χ2v) is 6.26. The molecule has 0 radical (unpaired) electrons. The number of amides is 1. The van der Waals surface area contributed by atoms with Crippen molar-refractivity contribution in [2.75, 3.05) is 6.54 Å². The lowest BCUT2D eigenvalue weighted by atomic mass is 9.94. The molecule has 0 aromatic heterocycles. The first-order chi connectivity index (χ1) is 9.77. The van der Waals surface area contributed by atoms with Crippen molar-refractivity contribution < 1.29 is 14.7 Å². The largest absolute Gasteiger partial charge is 0.481 e. The molecule has 1 aromatic carbocycles. The maximum absolute atomic E-state index is 12.1. The summed E-state index contributed by atoms with van der Waals surface area (Å²) in [6.45, 7) is 6.30. The van der Waals surface area contributed by atoms with E-state index in [1.165, 1.54) is 0 Å². The fraction of sp³-hybridized carbons (Fsp3) is 0.500. The van der Waals surface area contributed by atoms with Gasteiger partial charge in [-0.15, -0.1) is 0 Å². The Morgan fingerprint density at radius 1 is 1.29 bits per heavy atom. The molecule has 1 aromatic rings. The molecule has 21 heavy (non-hydrogen) atoms. The van der Waals surface area contributed by atoms with Gasteiger partial charge in [-0.05, 0) is 48.9 Å². The van der Waals surface area contributed by atoms with E-state index in [9.17, 15) is 9.59 Å². The van der Waals surface area contributed by atoms with Gasteiger partial charge >= 0.3 is 5.97 Å². The third-order valence-corrected chi connectivity index (χ3v) is 3.34. The topological polar surface area (TPSA) is 66.4 Å². The molecule has 0 saturated heterocycles. The van der Waals surface area contributed by atoms with Crippen LogP contribution in [0.1, 0.15) is 42.6 Å². The van der Waals surface area contributed by atoms with E-state index in [4.69, 9.17) is 16.7 Å². The lowest BCUT2D eigenvalue weighted by Crippen LogP contribution is -2.31. The molecule has 116 valence electrons. The van der Waals surface area contributed by atoms with Crippen molar-refractivity contribution in [2.24, 2.45) is 11.8 Å². The second-order valence-electron chi connectivity index (χ2n) is 5.82. The van der Waals surface area contributed by atoms with Gasteiger partial charge in [-0.3, -0.25) is 9.59 Å². The Kier molecular flexibility index (Phi) is 6.69. The van der Waals surface area contributed by atoms with Crippen LogP contribution in [0.2, 0.25) is 5.02 Å². The summed E-state index contributed by atoms with van der Waals surface area (Å²) in [5.41, 5.74) is 1.41. The number of hydrogen-bond donors (Lipinski definition) is 2. The molecule has 0 spiro atoms. The summed E-state index contributed by atoms with van der Waals surface area (Å²) < 4.78 is 0. The summed E-state index contributed by atoms with van der Waals surface area (Å²) in [5, 5.41) is 12.2. The number of carboxylic acids is 1. The van der Waals surface area contributed by atoms with Gasteiger partial charge in [0.15, 0.2) is 0 Å². The molecule has 1 atom stereocenters. The van der Waals surface area contributed by atoms with Crippen molar-refractivity contribution >= 4 is 23.5 Å². The van der Waals surface area contributed by atoms with Crippen LogP contribution < -0.4 is 5.32 Å². The summed E-state index contributed by atoms with van der Waals surface area (Å²) in [4.78, 5) is 23.0. The normalized spacial score (nSPS) is 12.2. The SMILES string of the molecule is Cc1cc(Cl)cc(C(=O)NC[C@H](CC(=O)O)CC(C)C)c1. The minimum absolute atomic E-state index is 0.0625. The van der Waals surface area contributed by atoms with Crippen LogP contribution in [0.15, 0.2) is 18.2 Å². The monoisotopic (exact) mass is 311 g/mol. The number of benzene rings is 1. The average Bonchev–Trinajstić information content (AvgIpc) is 2.32. The molecule has 0 aliphatic rings. The summed E-state index contributed by atoms with van der Waals surface area (Å²) in [7, 11) is 0. The highest BCUT2D eigenvalue weighted by Crippen LogP contribution is 2.17. The number of aliphatic carboxylic acids is 1. The van der Waals surface area contributed by atoms with Crippen LogP contribution in [0, 0.1) is 18.8 Å². The molecule has 5 heteroatoms. The van der Waals surface area contributed by atoms with Gasteiger partial charge < -0.3 is 10.4 Å². The van der Waals surface area contributed by atoms with Crippen LogP contribution in [-0.2, 0) is 4.79 Å². The third-order valence-electron chi connectivity index (χ3n) is 3.12. The Hall–Kier alpha value is -1.55. The summed E-state index contributed by atoms with van der Waals surface area (Å²) in [6.07, 6.45) is 0.828. The van der Waals surface area contributed by atoms with Crippen LogP contribution in [0.3, 0.4) is 0 Å². The van der Waals surface area contributed by atoms with E-state index in [1.807, 2.05) is 20.8 Å². The van der Waals surface area contributed by atoms with E-state index in [0.29, 0.717) is 23.0 Å². The van der Waals surface area contributed by atoms with Gasteiger partial charge in [-0.25, -0.2) is 0 Å². The average molecular weight is 312 g/mol. The van der Waals surface area contributed by atoms with Gasteiger partial charge in [0.05, 0.1) is 0 Å². The van der Waals surface area contributed by atoms with Gasteiger partial charge in [0.25, 0.3) is 5.91 Å². The molecular formula is C16H22ClNO3.